The van der Waals surface area contributed by atoms with E-state index in [1.54, 1.807) is 0 Å². The van der Waals surface area contributed by atoms with Gasteiger partial charge in [0.05, 0.1) is 0 Å². The van der Waals surface area contributed by atoms with Gasteiger partial charge in [0.2, 0.25) is 0 Å². The van der Waals surface area contributed by atoms with Crippen molar-refractivity contribution >= 4 is 0 Å². The van der Waals surface area contributed by atoms with Crippen molar-refractivity contribution in [3.05, 3.63) is 0 Å². The lowest BCUT2D eigenvalue weighted by atomic mass is 9.76. The zero-order valence-corrected chi connectivity index (χ0v) is 14.7. The normalized spacial score (nSPS) is 18.2. The second kappa shape index (κ2) is 7.67. The number of rotatable bonds is 7. The first-order chi connectivity index (χ1) is 8.44. The van der Waals surface area contributed by atoms with Crippen molar-refractivity contribution in [1.82, 2.24) is 0 Å². The third-order valence-electron chi connectivity index (χ3n) is 3.96. The molecule has 19 heavy (non-hydrogen) atoms. The van der Waals surface area contributed by atoms with Crippen LogP contribution in [0.4, 0.5) is 0 Å². The van der Waals surface area contributed by atoms with Crippen LogP contribution in [0.25, 0.3) is 0 Å². The average molecular weight is 271 g/mol. The molecule has 0 heterocycles. The fourth-order valence-corrected chi connectivity index (χ4v) is 3.33. The number of hydrogen-bond donors (Lipinski definition) is 1. The van der Waals surface area contributed by atoms with Crippen LogP contribution in [-0.4, -0.2) is 11.7 Å². The molecule has 0 aliphatic carbocycles. The van der Waals surface area contributed by atoms with E-state index in [1.807, 2.05) is 0 Å². The van der Waals surface area contributed by atoms with Crippen LogP contribution in [0.1, 0.15) is 81.1 Å². The minimum absolute atomic E-state index is 0.347. The maximum Gasteiger partial charge on any atom is 0.0461 e. The molecule has 3 atom stereocenters. The van der Waals surface area contributed by atoms with E-state index in [9.17, 15) is 5.11 Å². The van der Waals surface area contributed by atoms with Gasteiger partial charge in [0.15, 0.2) is 0 Å². The van der Waals surface area contributed by atoms with Gasteiger partial charge in [-0.15, -0.1) is 0 Å². The SMILES string of the molecule is C[C@@H](CC[C@@H](CO)[C@@H](C)CC(C)(C)C)CC(C)(C)C. The first-order valence-electron chi connectivity index (χ1n) is 8.05. The Morgan fingerprint density at radius 3 is 1.63 bits per heavy atom. The van der Waals surface area contributed by atoms with Crippen LogP contribution in [0.2, 0.25) is 0 Å². The molecule has 0 bridgehead atoms. The van der Waals surface area contributed by atoms with Crippen molar-refractivity contribution in [2.24, 2.45) is 28.6 Å². The summed E-state index contributed by atoms with van der Waals surface area (Å²) in [5.41, 5.74) is 0.787. The van der Waals surface area contributed by atoms with E-state index in [0.717, 1.165) is 5.92 Å². The fraction of sp³-hybridized carbons (Fsp3) is 1.00. The quantitative estimate of drug-likeness (QED) is 0.646. The summed E-state index contributed by atoms with van der Waals surface area (Å²) in [5.74, 6) is 1.85. The largest absolute Gasteiger partial charge is 0.396 e. The Bertz CT molecular complexity index is 231. The second-order valence-corrected chi connectivity index (χ2v) is 9.13. The monoisotopic (exact) mass is 270 g/mol. The molecule has 0 rings (SSSR count). The lowest BCUT2D eigenvalue weighted by molar-refractivity contribution is 0.135. The number of aliphatic hydroxyl groups excluding tert-OH is 1. The molecule has 0 aromatic heterocycles. The molecule has 1 nitrogen and oxygen atoms in total. The van der Waals surface area contributed by atoms with Crippen molar-refractivity contribution < 1.29 is 5.11 Å². The molecule has 116 valence electrons. The Balaban J connectivity index is 4.19. The number of hydrogen-bond acceptors (Lipinski definition) is 1. The van der Waals surface area contributed by atoms with Gasteiger partial charge in [-0.3, -0.25) is 0 Å². The molecule has 0 aliphatic rings. The zero-order valence-electron chi connectivity index (χ0n) is 14.7. The van der Waals surface area contributed by atoms with Crippen molar-refractivity contribution in [1.29, 1.82) is 0 Å². The highest BCUT2D eigenvalue weighted by Gasteiger charge is 2.23. The van der Waals surface area contributed by atoms with Crippen LogP contribution in [0.5, 0.6) is 0 Å². The molecular formula is C18H38O. The fourth-order valence-electron chi connectivity index (χ4n) is 3.33. The second-order valence-electron chi connectivity index (χ2n) is 9.13. The van der Waals surface area contributed by atoms with Crippen LogP contribution in [0, 0.1) is 28.6 Å². The lowest BCUT2D eigenvalue weighted by Gasteiger charge is -2.30. The van der Waals surface area contributed by atoms with Gasteiger partial charge >= 0.3 is 0 Å². The average Bonchev–Trinajstić information content (AvgIpc) is 2.12. The van der Waals surface area contributed by atoms with E-state index >= 15 is 0 Å². The summed E-state index contributed by atoms with van der Waals surface area (Å²) in [6.07, 6.45) is 4.90. The first-order valence-corrected chi connectivity index (χ1v) is 8.05. The Labute approximate surface area is 122 Å². The van der Waals surface area contributed by atoms with Crippen molar-refractivity contribution in [3.8, 4) is 0 Å². The standard InChI is InChI=1S/C18H38O/c1-14(11-17(3,4)5)9-10-16(13-19)15(2)12-18(6,7)8/h14-16,19H,9-13H2,1-8H3/t14-,15-,16-/m0/s1. The van der Waals surface area contributed by atoms with E-state index in [1.165, 1.54) is 25.7 Å². The first kappa shape index (κ1) is 19.0. The van der Waals surface area contributed by atoms with E-state index in [0.29, 0.717) is 29.3 Å². The summed E-state index contributed by atoms with van der Waals surface area (Å²) in [6, 6.07) is 0. The van der Waals surface area contributed by atoms with Crippen LogP contribution in [-0.2, 0) is 0 Å². The Morgan fingerprint density at radius 1 is 0.789 bits per heavy atom. The summed E-state index contributed by atoms with van der Waals surface area (Å²) >= 11 is 0. The molecule has 0 unspecified atom stereocenters. The predicted molar refractivity (Wildman–Crippen MR) is 86.3 cm³/mol. The van der Waals surface area contributed by atoms with Gasteiger partial charge < -0.3 is 5.11 Å². The number of aliphatic hydroxyl groups is 1. The van der Waals surface area contributed by atoms with Gasteiger partial charge in [-0.2, -0.15) is 0 Å². The molecule has 1 heteroatoms. The molecular weight excluding hydrogens is 232 g/mol. The van der Waals surface area contributed by atoms with Gasteiger partial charge in [-0.05, 0) is 47.8 Å². The van der Waals surface area contributed by atoms with E-state index in [-0.39, 0.29) is 0 Å². The molecule has 0 amide bonds. The summed E-state index contributed by atoms with van der Waals surface area (Å²) < 4.78 is 0. The minimum atomic E-state index is 0.347. The molecule has 0 fully saturated rings. The molecule has 0 aliphatic heterocycles. The van der Waals surface area contributed by atoms with E-state index in [4.69, 9.17) is 0 Å². The van der Waals surface area contributed by atoms with Gasteiger partial charge in [0.25, 0.3) is 0 Å². The molecule has 0 aromatic rings. The highest BCUT2D eigenvalue weighted by molar-refractivity contribution is 4.74. The van der Waals surface area contributed by atoms with E-state index in [2.05, 4.69) is 55.4 Å². The highest BCUT2D eigenvalue weighted by Crippen LogP contribution is 2.33. The zero-order chi connectivity index (χ0) is 15.3. The van der Waals surface area contributed by atoms with Crippen LogP contribution < -0.4 is 0 Å². The van der Waals surface area contributed by atoms with Gasteiger partial charge in [0.1, 0.15) is 0 Å². The minimum Gasteiger partial charge on any atom is -0.396 e. The molecule has 0 radical (unpaired) electrons. The summed E-state index contributed by atoms with van der Waals surface area (Å²) in [7, 11) is 0. The van der Waals surface area contributed by atoms with E-state index < -0.39 is 0 Å². The summed E-state index contributed by atoms with van der Waals surface area (Å²) in [5, 5.41) is 9.64. The molecule has 0 spiro atoms. The predicted octanol–water partition coefficient (Wildman–Crippen LogP) is 5.52. The summed E-state index contributed by atoms with van der Waals surface area (Å²) in [6.45, 7) is 18.8. The van der Waals surface area contributed by atoms with Gasteiger partial charge in [0, 0.05) is 6.61 Å². The molecule has 0 aromatic carbocycles. The smallest absolute Gasteiger partial charge is 0.0461 e. The third-order valence-corrected chi connectivity index (χ3v) is 3.96. The Kier molecular flexibility index (Phi) is 7.65. The Morgan fingerprint density at radius 2 is 1.26 bits per heavy atom. The topological polar surface area (TPSA) is 20.2 Å². The van der Waals surface area contributed by atoms with Crippen molar-refractivity contribution in [3.63, 3.8) is 0 Å². The molecule has 0 saturated carbocycles. The third kappa shape index (κ3) is 10.4. The van der Waals surface area contributed by atoms with Gasteiger partial charge in [-0.1, -0.05) is 61.8 Å². The van der Waals surface area contributed by atoms with Crippen LogP contribution in [0.15, 0.2) is 0 Å². The maximum absolute atomic E-state index is 9.64. The van der Waals surface area contributed by atoms with Crippen LogP contribution >= 0.6 is 0 Å². The van der Waals surface area contributed by atoms with Crippen molar-refractivity contribution in [2.75, 3.05) is 6.61 Å². The summed E-state index contributed by atoms with van der Waals surface area (Å²) in [4.78, 5) is 0. The van der Waals surface area contributed by atoms with Crippen molar-refractivity contribution in [2.45, 2.75) is 81.1 Å². The Hall–Kier alpha value is -0.0400. The van der Waals surface area contributed by atoms with Gasteiger partial charge in [-0.25, -0.2) is 0 Å². The lowest BCUT2D eigenvalue weighted by Crippen LogP contribution is -2.22. The molecule has 1 N–H and O–H groups in total. The van der Waals surface area contributed by atoms with Crippen LogP contribution in [0.3, 0.4) is 0 Å². The molecule has 0 saturated heterocycles. The maximum atomic E-state index is 9.64. The highest BCUT2D eigenvalue weighted by atomic mass is 16.3.